The van der Waals surface area contributed by atoms with Crippen LogP contribution in [0.4, 0.5) is 10.5 Å². The van der Waals surface area contributed by atoms with Crippen molar-refractivity contribution in [2.45, 2.75) is 20.4 Å². The van der Waals surface area contributed by atoms with E-state index >= 15 is 0 Å². The molecule has 30 heavy (non-hydrogen) atoms. The first-order chi connectivity index (χ1) is 14.2. The van der Waals surface area contributed by atoms with Crippen LogP contribution in [0.1, 0.15) is 19.4 Å². The highest BCUT2D eigenvalue weighted by molar-refractivity contribution is 14.0. The van der Waals surface area contributed by atoms with Crippen LogP contribution in [-0.2, 0) is 16.0 Å². The maximum absolute atomic E-state index is 11.9. The van der Waals surface area contributed by atoms with Gasteiger partial charge in [-0.3, -0.25) is 0 Å². The van der Waals surface area contributed by atoms with Gasteiger partial charge in [0.2, 0.25) is 0 Å². The topological polar surface area (TPSA) is 69.6 Å². The van der Waals surface area contributed by atoms with Gasteiger partial charge in [0.05, 0.1) is 26.4 Å². The lowest BCUT2D eigenvalue weighted by Crippen LogP contribution is -2.53. The highest BCUT2D eigenvalue weighted by Crippen LogP contribution is 2.17. The number of hydrogen-bond donors (Lipinski definition) is 1. The van der Waals surface area contributed by atoms with Crippen molar-refractivity contribution in [2.24, 2.45) is 4.99 Å². The molecule has 1 aromatic rings. The van der Waals surface area contributed by atoms with E-state index in [9.17, 15) is 4.79 Å². The number of nitrogens with zero attached hydrogens (tertiary/aromatic N) is 4. The van der Waals surface area contributed by atoms with Crippen LogP contribution < -0.4 is 10.2 Å². The molecule has 0 aliphatic carbocycles. The zero-order valence-electron chi connectivity index (χ0n) is 18.0. The van der Waals surface area contributed by atoms with Gasteiger partial charge in [0.15, 0.2) is 5.96 Å². The van der Waals surface area contributed by atoms with Gasteiger partial charge < -0.3 is 29.5 Å². The van der Waals surface area contributed by atoms with Crippen LogP contribution in [0.25, 0.3) is 0 Å². The molecule has 0 aromatic heterocycles. The smallest absolute Gasteiger partial charge is 0.409 e. The lowest BCUT2D eigenvalue weighted by Gasteiger charge is -2.35. The number of nitrogens with one attached hydrogen (secondary N) is 1. The second-order valence-corrected chi connectivity index (χ2v) is 7.11. The first-order valence-corrected chi connectivity index (χ1v) is 10.6. The molecule has 2 aliphatic heterocycles. The Morgan fingerprint density at radius 2 is 1.67 bits per heavy atom. The van der Waals surface area contributed by atoms with Gasteiger partial charge in [-0.05, 0) is 31.5 Å². The average molecular weight is 531 g/mol. The highest BCUT2D eigenvalue weighted by Gasteiger charge is 2.23. The Kier molecular flexibility index (Phi) is 10.5. The third-order valence-electron chi connectivity index (χ3n) is 5.16. The number of halogens is 1. The normalized spacial score (nSPS) is 17.4. The number of carbonyl (C=O) groups excluding carboxylic acids is 1. The monoisotopic (exact) mass is 531 g/mol. The first kappa shape index (κ1) is 24.5. The minimum Gasteiger partial charge on any atom is -0.450 e. The molecule has 9 heteroatoms. The lowest BCUT2D eigenvalue weighted by atomic mass is 10.2. The van der Waals surface area contributed by atoms with Crippen molar-refractivity contribution < 1.29 is 14.3 Å². The molecule has 8 nitrogen and oxygen atoms in total. The number of ether oxygens (including phenoxy) is 2. The van der Waals surface area contributed by atoms with Crippen molar-refractivity contribution in [3.63, 3.8) is 0 Å². The molecule has 0 saturated carbocycles. The molecule has 0 atom stereocenters. The van der Waals surface area contributed by atoms with Crippen LogP contribution in [0.2, 0.25) is 0 Å². The zero-order chi connectivity index (χ0) is 20.5. The molecule has 1 N–H and O–H groups in total. The Labute approximate surface area is 196 Å². The van der Waals surface area contributed by atoms with Gasteiger partial charge in [-0.2, -0.15) is 0 Å². The maximum Gasteiger partial charge on any atom is 0.409 e. The minimum atomic E-state index is -0.227. The fourth-order valence-electron chi connectivity index (χ4n) is 3.54. The SMILES string of the molecule is CCNC(=NCc1ccc(N2CCOCC2)cc1)N1CCN(C(=O)OCC)CC1.I. The Balaban J connectivity index is 0.00000320. The third-order valence-corrected chi connectivity index (χ3v) is 5.16. The number of aliphatic imine (C=N–C) groups is 1. The van der Waals surface area contributed by atoms with Crippen LogP contribution in [0.3, 0.4) is 0 Å². The van der Waals surface area contributed by atoms with E-state index < -0.39 is 0 Å². The summed E-state index contributed by atoms with van der Waals surface area (Å²) in [7, 11) is 0. The number of piperazine rings is 1. The van der Waals surface area contributed by atoms with Crippen molar-refractivity contribution in [3.05, 3.63) is 29.8 Å². The van der Waals surface area contributed by atoms with E-state index in [1.807, 2.05) is 6.92 Å². The Morgan fingerprint density at radius 3 is 2.27 bits per heavy atom. The molecule has 2 aliphatic rings. The summed E-state index contributed by atoms with van der Waals surface area (Å²) in [5.74, 6) is 0.897. The number of anilines is 1. The molecule has 1 aromatic carbocycles. The third kappa shape index (κ3) is 6.90. The quantitative estimate of drug-likeness (QED) is 0.358. The number of carbonyl (C=O) groups is 1. The van der Waals surface area contributed by atoms with Gasteiger partial charge in [0.25, 0.3) is 0 Å². The average Bonchev–Trinajstić information content (AvgIpc) is 2.78. The fourth-order valence-corrected chi connectivity index (χ4v) is 3.54. The van der Waals surface area contributed by atoms with Crippen LogP contribution in [0.15, 0.2) is 29.3 Å². The van der Waals surface area contributed by atoms with E-state index in [4.69, 9.17) is 14.5 Å². The summed E-state index contributed by atoms with van der Waals surface area (Å²) < 4.78 is 10.5. The van der Waals surface area contributed by atoms with Crippen LogP contribution >= 0.6 is 24.0 Å². The van der Waals surface area contributed by atoms with Gasteiger partial charge >= 0.3 is 6.09 Å². The summed E-state index contributed by atoms with van der Waals surface area (Å²) in [6.45, 7) is 12.0. The molecular formula is C21H34IN5O3. The Morgan fingerprint density at radius 1 is 1.03 bits per heavy atom. The van der Waals surface area contributed by atoms with Crippen LogP contribution in [0.5, 0.6) is 0 Å². The predicted molar refractivity (Wildman–Crippen MR) is 130 cm³/mol. The summed E-state index contributed by atoms with van der Waals surface area (Å²) in [4.78, 5) is 23.0. The van der Waals surface area contributed by atoms with Crippen molar-refractivity contribution in [2.75, 3.05) is 70.5 Å². The predicted octanol–water partition coefficient (Wildman–Crippen LogP) is 2.38. The molecule has 0 radical (unpaired) electrons. The van der Waals surface area contributed by atoms with Crippen molar-refractivity contribution >= 4 is 41.7 Å². The molecule has 1 amide bonds. The van der Waals surface area contributed by atoms with Gasteiger partial charge in [-0.1, -0.05) is 12.1 Å². The number of guanidine groups is 1. The molecule has 2 fully saturated rings. The number of benzene rings is 1. The second kappa shape index (κ2) is 12.8. The summed E-state index contributed by atoms with van der Waals surface area (Å²) in [5.41, 5.74) is 2.42. The molecule has 2 saturated heterocycles. The van der Waals surface area contributed by atoms with Gasteiger partial charge in [-0.15, -0.1) is 24.0 Å². The van der Waals surface area contributed by atoms with Crippen molar-refractivity contribution in [1.29, 1.82) is 0 Å². The summed E-state index contributed by atoms with van der Waals surface area (Å²) in [6.07, 6.45) is -0.227. The van der Waals surface area contributed by atoms with Gasteiger partial charge in [0.1, 0.15) is 0 Å². The van der Waals surface area contributed by atoms with E-state index in [0.29, 0.717) is 26.2 Å². The standard InChI is InChI=1S/C21H33N5O3.HI/c1-3-22-20(25-9-11-26(12-10-25)21(27)29-4-2)23-17-18-5-7-19(8-6-18)24-13-15-28-16-14-24;/h5-8H,3-4,9-17H2,1-2H3,(H,22,23);1H. The second-order valence-electron chi connectivity index (χ2n) is 7.11. The molecule has 2 heterocycles. The largest absolute Gasteiger partial charge is 0.450 e. The molecule has 0 spiro atoms. The van der Waals surface area contributed by atoms with Crippen LogP contribution in [0, 0.1) is 0 Å². The number of hydrogen-bond acceptors (Lipinski definition) is 5. The van der Waals surface area contributed by atoms with E-state index in [-0.39, 0.29) is 30.1 Å². The van der Waals surface area contributed by atoms with E-state index in [1.165, 1.54) is 11.3 Å². The van der Waals surface area contributed by atoms with Crippen molar-refractivity contribution in [1.82, 2.24) is 15.1 Å². The minimum absolute atomic E-state index is 0. The molecular weight excluding hydrogens is 497 g/mol. The summed E-state index contributed by atoms with van der Waals surface area (Å²) in [6, 6.07) is 8.63. The van der Waals surface area contributed by atoms with Crippen molar-refractivity contribution in [3.8, 4) is 0 Å². The van der Waals surface area contributed by atoms with Gasteiger partial charge in [-0.25, -0.2) is 9.79 Å². The highest BCUT2D eigenvalue weighted by atomic mass is 127. The molecule has 0 bridgehead atoms. The van der Waals surface area contributed by atoms with Crippen LogP contribution in [-0.4, -0.2) is 87.5 Å². The number of morpholine rings is 1. The Hall–Kier alpha value is -1.75. The molecule has 0 unspecified atom stereocenters. The first-order valence-electron chi connectivity index (χ1n) is 10.6. The van der Waals surface area contributed by atoms with E-state index in [0.717, 1.165) is 51.9 Å². The molecule has 168 valence electrons. The van der Waals surface area contributed by atoms with E-state index in [2.05, 4.69) is 46.3 Å². The number of rotatable bonds is 5. The van der Waals surface area contributed by atoms with Gasteiger partial charge in [0, 0.05) is 51.5 Å². The lowest BCUT2D eigenvalue weighted by molar-refractivity contribution is 0.0914. The fraction of sp³-hybridized carbons (Fsp3) is 0.619. The molecule has 3 rings (SSSR count). The zero-order valence-corrected chi connectivity index (χ0v) is 20.3. The number of amides is 1. The van der Waals surface area contributed by atoms with E-state index in [1.54, 1.807) is 4.90 Å². The summed E-state index contributed by atoms with van der Waals surface area (Å²) >= 11 is 0. The summed E-state index contributed by atoms with van der Waals surface area (Å²) in [5, 5.41) is 3.37. The maximum atomic E-state index is 11.9. The Bertz CT molecular complexity index is 672.